The van der Waals surface area contributed by atoms with Crippen LogP contribution in [-0.4, -0.2) is 23.7 Å². The third-order valence-corrected chi connectivity index (χ3v) is 4.27. The van der Waals surface area contributed by atoms with Gasteiger partial charge in [-0.3, -0.25) is 4.79 Å². The summed E-state index contributed by atoms with van der Waals surface area (Å²) in [4.78, 5) is 17.4. The van der Waals surface area contributed by atoms with Crippen molar-refractivity contribution in [3.8, 4) is 11.8 Å². The number of nitrogens with one attached hydrogen (secondary N) is 1. The number of benzene rings is 1. The topological polar surface area (TPSA) is 87.6 Å². The van der Waals surface area contributed by atoms with E-state index in [2.05, 4.69) is 16.4 Å². The van der Waals surface area contributed by atoms with Gasteiger partial charge in [-0.05, 0) is 31.2 Å². The zero-order valence-electron chi connectivity index (χ0n) is 14.1. The first-order chi connectivity index (χ1) is 12.6. The van der Waals surface area contributed by atoms with Crippen LogP contribution in [0.15, 0.2) is 57.6 Å². The minimum atomic E-state index is -0.835. The number of rotatable bonds is 4. The third kappa shape index (κ3) is 3.15. The summed E-state index contributed by atoms with van der Waals surface area (Å²) in [6.45, 7) is 1.68. The Hall–Kier alpha value is -3.24. The number of nitrogens with zero attached hydrogens (tertiary/aromatic N) is 2. The maximum Gasteiger partial charge on any atom is 0.258 e. The molecule has 1 amide bonds. The molecular formula is C19H15N3O3S. The van der Waals surface area contributed by atoms with Crippen LogP contribution in [-0.2, 0) is 4.79 Å². The summed E-state index contributed by atoms with van der Waals surface area (Å²) in [5.74, 6) is -0.305. The summed E-state index contributed by atoms with van der Waals surface area (Å²) in [7, 11) is 1.52. The molecule has 1 atom stereocenters. The Morgan fingerprint density at radius 3 is 2.77 bits per heavy atom. The molecule has 0 aliphatic carbocycles. The maximum atomic E-state index is 13.0. The molecule has 1 aliphatic heterocycles. The van der Waals surface area contributed by atoms with E-state index < -0.39 is 11.8 Å². The lowest BCUT2D eigenvalue weighted by atomic mass is 9.88. The van der Waals surface area contributed by atoms with Crippen LogP contribution < -0.4 is 10.1 Å². The molecule has 0 radical (unpaired) electrons. The fraction of sp³-hybridized carbons (Fsp3) is 0.158. The van der Waals surface area contributed by atoms with Crippen LogP contribution >= 0.6 is 12.2 Å². The summed E-state index contributed by atoms with van der Waals surface area (Å²) in [5, 5.41) is 12.4. The Balaban J connectivity index is 2.10. The van der Waals surface area contributed by atoms with E-state index in [0.717, 1.165) is 0 Å². The Morgan fingerprint density at radius 2 is 2.12 bits per heavy atom. The Morgan fingerprint density at radius 1 is 1.35 bits per heavy atom. The van der Waals surface area contributed by atoms with Crippen LogP contribution in [0.25, 0.3) is 5.57 Å². The van der Waals surface area contributed by atoms with E-state index >= 15 is 0 Å². The van der Waals surface area contributed by atoms with E-state index in [1.165, 1.54) is 13.4 Å². The number of aliphatic imine (C=N–C) groups is 1. The number of furan rings is 1. The van der Waals surface area contributed by atoms with Crippen molar-refractivity contribution in [2.45, 2.75) is 6.92 Å². The van der Waals surface area contributed by atoms with Crippen LogP contribution in [0.4, 0.5) is 5.69 Å². The SMILES string of the molecule is COc1ccccc1NC(=O)C1=C(c2ccco2)C(C#N)C(=S)N=C1C. The van der Waals surface area contributed by atoms with Crippen LogP contribution in [0.3, 0.4) is 0 Å². The zero-order valence-corrected chi connectivity index (χ0v) is 15.0. The van der Waals surface area contributed by atoms with E-state index in [9.17, 15) is 10.1 Å². The average Bonchev–Trinajstić information content (AvgIpc) is 3.15. The largest absolute Gasteiger partial charge is 0.495 e. The molecule has 1 aromatic heterocycles. The molecule has 130 valence electrons. The normalized spacial score (nSPS) is 16.7. The maximum absolute atomic E-state index is 13.0. The molecule has 1 aliphatic rings. The van der Waals surface area contributed by atoms with Crippen molar-refractivity contribution in [3.05, 3.63) is 54.0 Å². The van der Waals surface area contributed by atoms with Gasteiger partial charge in [-0.2, -0.15) is 5.26 Å². The smallest absolute Gasteiger partial charge is 0.258 e. The summed E-state index contributed by atoms with van der Waals surface area (Å²) >= 11 is 5.23. The zero-order chi connectivity index (χ0) is 18.7. The van der Waals surface area contributed by atoms with Crippen molar-refractivity contribution in [1.82, 2.24) is 0 Å². The molecule has 7 heteroatoms. The first-order valence-electron chi connectivity index (χ1n) is 7.78. The monoisotopic (exact) mass is 365 g/mol. The van der Waals surface area contributed by atoms with Gasteiger partial charge in [-0.1, -0.05) is 24.4 Å². The molecule has 0 saturated heterocycles. The molecule has 0 spiro atoms. The van der Waals surface area contributed by atoms with Gasteiger partial charge < -0.3 is 14.5 Å². The van der Waals surface area contributed by atoms with Crippen molar-refractivity contribution in [3.63, 3.8) is 0 Å². The molecule has 6 nitrogen and oxygen atoms in total. The molecule has 0 bridgehead atoms. The van der Waals surface area contributed by atoms with Crippen molar-refractivity contribution in [2.24, 2.45) is 10.9 Å². The summed E-state index contributed by atoms with van der Waals surface area (Å²) < 4.78 is 10.7. The summed E-state index contributed by atoms with van der Waals surface area (Å²) in [5.41, 5.74) is 1.63. The van der Waals surface area contributed by atoms with E-state index in [-0.39, 0.29) is 10.6 Å². The number of ether oxygens (including phenoxy) is 1. The lowest BCUT2D eigenvalue weighted by molar-refractivity contribution is -0.112. The average molecular weight is 365 g/mol. The number of anilines is 1. The Labute approximate surface area is 155 Å². The van der Waals surface area contributed by atoms with Crippen LogP contribution in [0, 0.1) is 17.2 Å². The van der Waals surface area contributed by atoms with Crippen molar-refractivity contribution >= 4 is 40.1 Å². The number of hydrogen-bond acceptors (Lipinski definition) is 5. The van der Waals surface area contributed by atoms with E-state index in [4.69, 9.17) is 21.4 Å². The van der Waals surface area contributed by atoms with Crippen LogP contribution in [0.2, 0.25) is 0 Å². The molecule has 2 heterocycles. The van der Waals surface area contributed by atoms with Crippen molar-refractivity contribution in [2.75, 3.05) is 12.4 Å². The van der Waals surface area contributed by atoms with E-state index in [1.807, 2.05) is 0 Å². The minimum Gasteiger partial charge on any atom is -0.495 e. The lowest BCUT2D eigenvalue weighted by Crippen LogP contribution is -2.28. The number of amides is 1. The van der Waals surface area contributed by atoms with Gasteiger partial charge in [-0.15, -0.1) is 0 Å². The van der Waals surface area contributed by atoms with Gasteiger partial charge in [0.15, 0.2) is 0 Å². The highest BCUT2D eigenvalue weighted by Crippen LogP contribution is 2.34. The molecular weight excluding hydrogens is 350 g/mol. The molecule has 1 aromatic carbocycles. The lowest BCUT2D eigenvalue weighted by Gasteiger charge is -2.22. The highest BCUT2D eigenvalue weighted by molar-refractivity contribution is 7.80. The van der Waals surface area contributed by atoms with Gasteiger partial charge in [0.05, 0.1) is 36.4 Å². The van der Waals surface area contributed by atoms with Gasteiger partial charge >= 0.3 is 0 Å². The summed E-state index contributed by atoms with van der Waals surface area (Å²) in [6, 6.07) is 12.6. The predicted molar refractivity (Wildman–Crippen MR) is 102 cm³/mol. The fourth-order valence-electron chi connectivity index (χ4n) is 2.78. The van der Waals surface area contributed by atoms with Crippen LogP contribution in [0.5, 0.6) is 5.75 Å². The molecule has 0 fully saturated rings. The van der Waals surface area contributed by atoms with Gasteiger partial charge in [0.2, 0.25) is 0 Å². The quantitative estimate of drug-likeness (QED) is 0.836. The second-order valence-electron chi connectivity index (χ2n) is 5.52. The summed E-state index contributed by atoms with van der Waals surface area (Å²) in [6.07, 6.45) is 1.48. The van der Waals surface area contributed by atoms with E-state index in [1.54, 1.807) is 43.3 Å². The highest BCUT2D eigenvalue weighted by Gasteiger charge is 2.34. The highest BCUT2D eigenvalue weighted by atomic mass is 32.1. The minimum absolute atomic E-state index is 0.213. The van der Waals surface area contributed by atoms with Gasteiger partial charge in [0.25, 0.3) is 5.91 Å². The molecule has 0 saturated carbocycles. The number of hydrogen-bond donors (Lipinski definition) is 1. The predicted octanol–water partition coefficient (Wildman–Crippen LogP) is 3.62. The number of dihydropyridines is 1. The third-order valence-electron chi connectivity index (χ3n) is 3.94. The number of carbonyl (C=O) groups is 1. The molecule has 2 aromatic rings. The molecule has 1 N–H and O–H groups in total. The fourth-order valence-corrected chi connectivity index (χ4v) is 3.09. The second-order valence-corrected chi connectivity index (χ2v) is 5.94. The number of para-hydroxylation sites is 2. The number of nitriles is 1. The molecule has 3 rings (SSSR count). The first kappa shape index (κ1) is 17.6. The van der Waals surface area contributed by atoms with Crippen molar-refractivity contribution in [1.29, 1.82) is 5.26 Å². The first-order valence-corrected chi connectivity index (χ1v) is 8.19. The number of thiocarbonyl (C=S) groups is 1. The second kappa shape index (κ2) is 7.33. The standard InChI is InChI=1S/C19H15N3O3S/c1-11-16(18(23)22-13-6-3-4-7-14(13)24-2)17(15-8-5-9-25-15)12(10-20)19(26)21-11/h3-9,12H,1-2H3,(H,22,23). The van der Waals surface area contributed by atoms with Gasteiger partial charge in [0, 0.05) is 5.57 Å². The molecule has 26 heavy (non-hydrogen) atoms. The number of methoxy groups -OCH3 is 1. The van der Waals surface area contributed by atoms with Crippen LogP contribution in [0.1, 0.15) is 12.7 Å². The van der Waals surface area contributed by atoms with Gasteiger partial charge in [0.1, 0.15) is 22.4 Å². The number of carbonyl (C=O) groups excluding carboxylic acids is 1. The molecule has 1 unspecified atom stereocenters. The van der Waals surface area contributed by atoms with Gasteiger partial charge in [-0.25, -0.2) is 4.99 Å². The van der Waals surface area contributed by atoms with Crippen molar-refractivity contribution < 1.29 is 13.9 Å². The Bertz CT molecular complexity index is 968. The Kier molecular flexibility index (Phi) is 4.96. The van der Waals surface area contributed by atoms with E-state index in [0.29, 0.717) is 28.5 Å².